The Labute approximate surface area is 131 Å². The predicted molar refractivity (Wildman–Crippen MR) is 83.1 cm³/mol. The van der Waals surface area contributed by atoms with Crippen molar-refractivity contribution in [3.05, 3.63) is 53.6 Å². The van der Waals surface area contributed by atoms with Gasteiger partial charge in [-0.2, -0.15) is 0 Å². The number of para-hydroxylation sites is 1. The maximum atomic E-state index is 12.6. The summed E-state index contributed by atoms with van der Waals surface area (Å²) in [4.78, 5) is 11.4. The summed E-state index contributed by atoms with van der Waals surface area (Å²) in [6.07, 6.45) is 0. The first-order valence-electron chi connectivity index (χ1n) is 6.48. The van der Waals surface area contributed by atoms with Crippen LogP contribution in [0.1, 0.15) is 15.9 Å². The molecule has 0 saturated carbocycles. The Balaban J connectivity index is 2.29. The average molecular weight is 320 g/mol. The Hall–Kier alpha value is -2.18. The number of rotatable bonds is 6. The van der Waals surface area contributed by atoms with Crippen molar-refractivity contribution >= 4 is 17.1 Å². The molecule has 0 heterocycles. The molecule has 22 heavy (non-hydrogen) atoms. The topological polar surface area (TPSA) is 78.8 Å². The number of aromatic carboxylic acids is 1. The highest BCUT2D eigenvalue weighted by molar-refractivity contribution is 7.90. The van der Waals surface area contributed by atoms with Crippen LogP contribution < -0.4 is 9.47 Å². The summed E-state index contributed by atoms with van der Waals surface area (Å²) in [7, 11) is 2.98. The monoisotopic (exact) mass is 320 g/mol. The fourth-order valence-corrected chi connectivity index (χ4v) is 3.29. The zero-order valence-electron chi connectivity index (χ0n) is 12.2. The molecule has 116 valence electrons. The molecule has 0 spiro atoms. The van der Waals surface area contributed by atoms with E-state index in [4.69, 9.17) is 14.6 Å². The molecule has 2 aromatic rings. The molecule has 2 rings (SSSR count). The summed E-state index contributed by atoms with van der Waals surface area (Å²) in [6, 6.07) is 11.6. The molecular weight excluding hydrogens is 304 g/mol. The molecule has 0 radical (unpaired) electrons. The summed E-state index contributed by atoms with van der Waals surface area (Å²) in [5.41, 5.74) is 0.905. The van der Waals surface area contributed by atoms with Crippen molar-refractivity contribution in [2.45, 2.75) is 10.6 Å². The van der Waals surface area contributed by atoms with Crippen LogP contribution in [-0.2, 0) is 16.9 Å². The smallest absolute Gasteiger partial charge is 0.335 e. The zero-order chi connectivity index (χ0) is 16.1. The minimum atomic E-state index is -1.38. The number of benzene rings is 2. The number of carbonyl (C=O) groups is 1. The summed E-state index contributed by atoms with van der Waals surface area (Å²) >= 11 is -1.38. The van der Waals surface area contributed by atoms with Crippen LogP contribution in [0.2, 0.25) is 0 Å². The molecule has 1 N–H and O–H groups in total. The molecule has 0 saturated heterocycles. The number of hydrogen-bond donors (Lipinski definition) is 1. The van der Waals surface area contributed by atoms with Crippen LogP contribution in [-0.4, -0.2) is 29.8 Å². The number of ether oxygens (including phenoxy) is 2. The van der Waals surface area contributed by atoms with Crippen molar-refractivity contribution < 1.29 is 23.9 Å². The van der Waals surface area contributed by atoms with Crippen LogP contribution >= 0.6 is 0 Å². The lowest BCUT2D eigenvalue weighted by Gasteiger charge is -2.15. The highest BCUT2D eigenvalue weighted by Crippen LogP contribution is 2.30. The van der Waals surface area contributed by atoms with Gasteiger partial charge in [-0.15, -0.1) is 0 Å². The van der Waals surface area contributed by atoms with Gasteiger partial charge >= 0.3 is 5.97 Å². The number of methoxy groups -OCH3 is 2. The van der Waals surface area contributed by atoms with E-state index in [9.17, 15) is 9.35 Å². The van der Waals surface area contributed by atoms with Gasteiger partial charge in [0.2, 0.25) is 0 Å². The summed E-state index contributed by atoms with van der Waals surface area (Å²) < 4.78 is 23.0. The van der Waals surface area contributed by atoms with Crippen LogP contribution in [0.15, 0.2) is 47.4 Å². The maximum absolute atomic E-state index is 12.6. The van der Waals surface area contributed by atoms with Crippen molar-refractivity contribution in [2.24, 2.45) is 0 Å². The number of carboxylic acids is 1. The average Bonchev–Trinajstić information content (AvgIpc) is 2.54. The molecule has 2 aromatic carbocycles. The van der Waals surface area contributed by atoms with Gasteiger partial charge < -0.3 is 19.1 Å². The first-order chi connectivity index (χ1) is 10.6. The van der Waals surface area contributed by atoms with Crippen molar-refractivity contribution in [3.8, 4) is 11.5 Å². The molecule has 0 aromatic heterocycles. The second kappa shape index (κ2) is 7.20. The van der Waals surface area contributed by atoms with E-state index in [1.807, 2.05) is 18.2 Å². The summed E-state index contributed by atoms with van der Waals surface area (Å²) in [6.45, 7) is 0. The second-order valence-electron chi connectivity index (χ2n) is 4.47. The highest BCUT2D eigenvalue weighted by atomic mass is 32.2. The first-order valence-corrected chi connectivity index (χ1v) is 7.80. The maximum Gasteiger partial charge on any atom is 0.335 e. The molecule has 0 aliphatic heterocycles. The predicted octanol–water partition coefficient (Wildman–Crippen LogP) is 2.71. The van der Waals surface area contributed by atoms with E-state index < -0.39 is 17.1 Å². The third-order valence-corrected chi connectivity index (χ3v) is 4.54. The van der Waals surface area contributed by atoms with Gasteiger partial charge in [-0.05, 0) is 35.4 Å². The van der Waals surface area contributed by atoms with Gasteiger partial charge in [0.05, 0.1) is 19.8 Å². The molecule has 0 aliphatic rings. The van der Waals surface area contributed by atoms with Crippen LogP contribution in [0.4, 0.5) is 0 Å². The Bertz CT molecular complexity index is 671. The minimum absolute atomic E-state index is 0.0925. The molecule has 5 nitrogen and oxygen atoms in total. The Morgan fingerprint density at radius 2 is 1.82 bits per heavy atom. The third-order valence-electron chi connectivity index (χ3n) is 3.13. The molecule has 1 unspecified atom stereocenters. The van der Waals surface area contributed by atoms with Crippen molar-refractivity contribution in [1.82, 2.24) is 0 Å². The first kappa shape index (κ1) is 16.2. The van der Waals surface area contributed by atoms with Gasteiger partial charge in [-0.1, -0.05) is 18.2 Å². The molecule has 0 aliphatic carbocycles. The molecule has 0 bridgehead atoms. The zero-order valence-corrected chi connectivity index (χ0v) is 13.1. The SMILES string of the molecule is COc1ccccc1C[S+]([O-])c1ccc(C(=O)O)cc1OC. The second-order valence-corrected chi connectivity index (χ2v) is 5.89. The van der Waals surface area contributed by atoms with Gasteiger partial charge in [-0.3, -0.25) is 0 Å². The van der Waals surface area contributed by atoms with E-state index in [1.54, 1.807) is 13.2 Å². The highest BCUT2D eigenvalue weighted by Gasteiger charge is 2.21. The molecule has 0 fully saturated rings. The van der Waals surface area contributed by atoms with E-state index in [2.05, 4.69) is 0 Å². The fraction of sp³-hybridized carbons (Fsp3) is 0.188. The number of hydrogen-bond acceptors (Lipinski definition) is 4. The third kappa shape index (κ3) is 3.52. The van der Waals surface area contributed by atoms with Crippen LogP contribution in [0.25, 0.3) is 0 Å². The fourth-order valence-electron chi connectivity index (χ4n) is 2.03. The van der Waals surface area contributed by atoms with E-state index in [1.165, 1.54) is 25.3 Å². The lowest BCUT2D eigenvalue weighted by Crippen LogP contribution is -2.09. The van der Waals surface area contributed by atoms with E-state index in [0.717, 1.165) is 5.56 Å². The van der Waals surface area contributed by atoms with E-state index in [0.29, 0.717) is 16.4 Å². The van der Waals surface area contributed by atoms with Gasteiger partial charge in [0.1, 0.15) is 11.5 Å². The van der Waals surface area contributed by atoms with Crippen molar-refractivity contribution in [1.29, 1.82) is 0 Å². The quantitative estimate of drug-likeness (QED) is 0.828. The summed E-state index contributed by atoms with van der Waals surface area (Å²) in [5, 5.41) is 8.99. The molecule has 1 atom stereocenters. The van der Waals surface area contributed by atoms with Crippen molar-refractivity contribution in [2.75, 3.05) is 14.2 Å². The Morgan fingerprint density at radius 3 is 2.45 bits per heavy atom. The number of carboxylic acid groups (broad SMARTS) is 1. The largest absolute Gasteiger partial charge is 0.611 e. The Kier molecular flexibility index (Phi) is 5.30. The molecule has 6 heteroatoms. The molecule has 0 amide bonds. The van der Waals surface area contributed by atoms with Crippen LogP contribution in [0, 0.1) is 0 Å². The Morgan fingerprint density at radius 1 is 1.14 bits per heavy atom. The van der Waals surface area contributed by atoms with Gasteiger partial charge in [0.15, 0.2) is 10.6 Å². The summed E-state index contributed by atoms with van der Waals surface area (Å²) in [5.74, 6) is 0.165. The van der Waals surface area contributed by atoms with Crippen LogP contribution in [0.5, 0.6) is 11.5 Å². The van der Waals surface area contributed by atoms with Gasteiger partial charge in [0, 0.05) is 5.56 Å². The standard InChI is InChI=1S/C16H16O5S/c1-20-13-6-4-3-5-12(13)10-22(19)15-8-7-11(16(17)18)9-14(15)21-2/h3-9H,10H2,1-2H3,(H,17,18). The minimum Gasteiger partial charge on any atom is -0.611 e. The normalized spacial score (nSPS) is 11.8. The van der Waals surface area contributed by atoms with Gasteiger partial charge in [-0.25, -0.2) is 4.79 Å². The lowest BCUT2D eigenvalue weighted by molar-refractivity contribution is 0.0696. The van der Waals surface area contributed by atoms with Crippen molar-refractivity contribution in [3.63, 3.8) is 0 Å². The molecular formula is C16H16O5S. The van der Waals surface area contributed by atoms with E-state index >= 15 is 0 Å². The lowest BCUT2D eigenvalue weighted by atomic mass is 10.2. The van der Waals surface area contributed by atoms with Crippen LogP contribution in [0.3, 0.4) is 0 Å². The van der Waals surface area contributed by atoms with Gasteiger partial charge in [0.25, 0.3) is 0 Å². The van der Waals surface area contributed by atoms with E-state index in [-0.39, 0.29) is 11.3 Å².